The zero-order valence-electron chi connectivity index (χ0n) is 14.1. The fourth-order valence-electron chi connectivity index (χ4n) is 2.43. The minimum Gasteiger partial charge on any atom is -0.370 e. The van der Waals surface area contributed by atoms with Gasteiger partial charge in [-0.15, -0.1) is 0 Å². The number of benzene rings is 1. The number of carbonyl (C=O) groups is 1. The molecule has 2 amide bonds. The second-order valence-electron chi connectivity index (χ2n) is 5.18. The average Bonchev–Trinajstić information content (AvgIpc) is 2.54. The number of guanidine groups is 1. The summed E-state index contributed by atoms with van der Waals surface area (Å²) < 4.78 is 0. The van der Waals surface area contributed by atoms with Crippen LogP contribution in [-0.4, -0.2) is 25.6 Å². The maximum Gasteiger partial charge on any atom is 0.328 e. The van der Waals surface area contributed by atoms with Gasteiger partial charge in [-0.2, -0.15) is 0 Å². The van der Waals surface area contributed by atoms with Gasteiger partial charge in [0.25, 0.3) is 0 Å². The zero-order chi connectivity index (χ0) is 16.5. The average molecular weight is 304 g/mol. The van der Waals surface area contributed by atoms with Crippen molar-refractivity contribution >= 4 is 17.7 Å². The van der Waals surface area contributed by atoms with Crippen LogP contribution in [0, 0.1) is 0 Å². The van der Waals surface area contributed by atoms with E-state index in [2.05, 4.69) is 49.3 Å². The van der Waals surface area contributed by atoms with Crippen molar-refractivity contribution in [3.63, 3.8) is 0 Å². The van der Waals surface area contributed by atoms with E-state index in [-0.39, 0.29) is 12.0 Å². The molecule has 1 aromatic carbocycles. The van der Waals surface area contributed by atoms with E-state index in [1.165, 1.54) is 11.1 Å². The maximum atomic E-state index is 12.6. The topological polar surface area (TPSA) is 70.7 Å². The summed E-state index contributed by atoms with van der Waals surface area (Å²) in [7, 11) is 1.56. The molecule has 0 bridgehead atoms. The molecule has 3 N–H and O–H groups in total. The van der Waals surface area contributed by atoms with Crippen molar-refractivity contribution in [3.05, 3.63) is 29.3 Å². The van der Waals surface area contributed by atoms with Crippen LogP contribution in [0.3, 0.4) is 0 Å². The van der Waals surface area contributed by atoms with Crippen LogP contribution in [0.5, 0.6) is 0 Å². The highest BCUT2D eigenvalue weighted by Crippen LogP contribution is 2.27. The first kappa shape index (κ1) is 18.0. The van der Waals surface area contributed by atoms with Crippen molar-refractivity contribution in [2.24, 2.45) is 10.7 Å². The van der Waals surface area contributed by atoms with E-state index in [0.29, 0.717) is 6.54 Å². The number of hydrogen-bond acceptors (Lipinski definition) is 2. The molecule has 0 aliphatic carbocycles. The largest absolute Gasteiger partial charge is 0.370 e. The Hall–Kier alpha value is -2.04. The molecule has 0 unspecified atom stereocenters. The third-order valence-corrected chi connectivity index (χ3v) is 3.69. The summed E-state index contributed by atoms with van der Waals surface area (Å²) in [6.45, 7) is 7.00. The molecule has 22 heavy (non-hydrogen) atoms. The molecule has 0 spiro atoms. The van der Waals surface area contributed by atoms with E-state index in [4.69, 9.17) is 5.73 Å². The summed E-state index contributed by atoms with van der Waals surface area (Å²) in [5, 5.41) is 2.65. The van der Waals surface area contributed by atoms with Crippen LogP contribution in [0.2, 0.25) is 0 Å². The maximum absolute atomic E-state index is 12.6. The van der Waals surface area contributed by atoms with E-state index < -0.39 is 0 Å². The number of nitrogens with two attached hydrogens (primary N) is 1. The first-order valence-electron chi connectivity index (χ1n) is 8.00. The van der Waals surface area contributed by atoms with Gasteiger partial charge in [-0.3, -0.25) is 15.2 Å². The lowest BCUT2D eigenvalue weighted by atomic mass is 10.0. The molecule has 1 rings (SSSR count). The number of nitrogens with one attached hydrogen (secondary N) is 1. The highest BCUT2D eigenvalue weighted by Gasteiger charge is 2.21. The summed E-state index contributed by atoms with van der Waals surface area (Å²) >= 11 is 0. The van der Waals surface area contributed by atoms with Gasteiger partial charge in [-0.1, -0.05) is 45.4 Å². The van der Waals surface area contributed by atoms with E-state index in [1.807, 2.05) is 0 Å². The van der Waals surface area contributed by atoms with Crippen LogP contribution in [0.25, 0.3) is 0 Å². The van der Waals surface area contributed by atoms with Crippen molar-refractivity contribution < 1.29 is 4.79 Å². The third kappa shape index (κ3) is 4.48. The van der Waals surface area contributed by atoms with Crippen LogP contribution in [-0.2, 0) is 12.8 Å². The van der Waals surface area contributed by atoms with Crippen molar-refractivity contribution in [1.29, 1.82) is 0 Å². The number of unbranched alkanes of at least 4 members (excludes halogenated alkanes) is 1. The number of aryl methyl sites for hydroxylation is 2. The number of para-hydroxylation sites is 1. The van der Waals surface area contributed by atoms with Gasteiger partial charge in [0.2, 0.25) is 0 Å². The van der Waals surface area contributed by atoms with Crippen LogP contribution in [0.4, 0.5) is 10.5 Å². The molecule has 0 fully saturated rings. The van der Waals surface area contributed by atoms with Gasteiger partial charge < -0.3 is 5.73 Å². The Morgan fingerprint density at radius 2 is 1.82 bits per heavy atom. The molecule has 0 aliphatic rings. The molecule has 0 radical (unpaired) electrons. The number of aliphatic imine (C=N–C) groups is 1. The predicted molar refractivity (Wildman–Crippen MR) is 93.5 cm³/mol. The predicted octanol–water partition coefficient (Wildman–Crippen LogP) is 3.07. The Kier molecular flexibility index (Phi) is 7.43. The van der Waals surface area contributed by atoms with Crippen molar-refractivity contribution in [3.8, 4) is 0 Å². The molecule has 0 aliphatic heterocycles. The minimum atomic E-state index is -0.216. The quantitative estimate of drug-likeness (QED) is 0.626. The molecule has 5 nitrogen and oxygen atoms in total. The third-order valence-electron chi connectivity index (χ3n) is 3.69. The summed E-state index contributed by atoms with van der Waals surface area (Å²) in [4.78, 5) is 18.2. The number of amides is 2. The lowest BCUT2D eigenvalue weighted by Gasteiger charge is -2.27. The number of anilines is 1. The van der Waals surface area contributed by atoms with Crippen molar-refractivity contribution in [2.45, 2.75) is 46.5 Å². The molecule has 0 aromatic heterocycles. The summed E-state index contributed by atoms with van der Waals surface area (Å²) in [5.74, 6) is 0.138. The standard InChI is InChI=1S/C17H28N4O/c1-5-8-12-21(17(22)20-16(18)19-4)15-13(6-2)10-9-11-14(15)7-3/h9-11H,5-8,12H2,1-4H3,(H3,18,19,20,22). The van der Waals surface area contributed by atoms with Gasteiger partial charge in [0, 0.05) is 13.6 Å². The van der Waals surface area contributed by atoms with Crippen molar-refractivity contribution in [1.82, 2.24) is 5.32 Å². The van der Waals surface area contributed by atoms with Gasteiger partial charge in [0.1, 0.15) is 0 Å². The normalized spacial score (nSPS) is 11.4. The first-order valence-corrected chi connectivity index (χ1v) is 8.00. The van der Waals surface area contributed by atoms with Crippen LogP contribution >= 0.6 is 0 Å². The number of rotatable bonds is 6. The molecule has 5 heteroatoms. The van der Waals surface area contributed by atoms with E-state index >= 15 is 0 Å². The lowest BCUT2D eigenvalue weighted by Crippen LogP contribution is -2.47. The molecule has 0 atom stereocenters. The Morgan fingerprint density at radius 3 is 2.27 bits per heavy atom. The van der Waals surface area contributed by atoms with Crippen LogP contribution in [0.15, 0.2) is 23.2 Å². The number of carbonyl (C=O) groups excluding carboxylic acids is 1. The number of hydrogen-bond donors (Lipinski definition) is 2. The minimum absolute atomic E-state index is 0.138. The van der Waals surface area contributed by atoms with Gasteiger partial charge in [-0.25, -0.2) is 4.79 Å². The Morgan fingerprint density at radius 1 is 1.23 bits per heavy atom. The van der Waals surface area contributed by atoms with Gasteiger partial charge >= 0.3 is 6.03 Å². The van der Waals surface area contributed by atoms with Crippen LogP contribution in [0.1, 0.15) is 44.7 Å². The second kappa shape index (κ2) is 9.07. The Labute approximate surface area is 133 Å². The highest BCUT2D eigenvalue weighted by atomic mass is 16.2. The fourth-order valence-corrected chi connectivity index (χ4v) is 2.43. The zero-order valence-corrected chi connectivity index (χ0v) is 14.1. The number of urea groups is 1. The first-order chi connectivity index (χ1) is 10.6. The number of nitrogens with zero attached hydrogens (tertiary/aromatic N) is 2. The van der Waals surface area contributed by atoms with Crippen molar-refractivity contribution in [2.75, 3.05) is 18.5 Å². The Bertz CT molecular complexity index is 503. The lowest BCUT2D eigenvalue weighted by molar-refractivity contribution is 0.250. The summed E-state index contributed by atoms with van der Waals surface area (Å²) in [6.07, 6.45) is 3.74. The summed E-state index contributed by atoms with van der Waals surface area (Å²) in [6, 6.07) is 6.00. The smallest absolute Gasteiger partial charge is 0.328 e. The Balaban J connectivity index is 3.24. The molecular weight excluding hydrogens is 276 g/mol. The molecule has 0 saturated carbocycles. The molecule has 122 valence electrons. The highest BCUT2D eigenvalue weighted by molar-refractivity contribution is 6.04. The second-order valence-corrected chi connectivity index (χ2v) is 5.18. The summed E-state index contributed by atoms with van der Waals surface area (Å²) in [5.41, 5.74) is 9.02. The van der Waals surface area contributed by atoms with E-state index in [1.54, 1.807) is 11.9 Å². The molecular formula is C17H28N4O. The molecule has 1 aromatic rings. The van der Waals surface area contributed by atoms with E-state index in [0.717, 1.165) is 31.4 Å². The van der Waals surface area contributed by atoms with E-state index in [9.17, 15) is 4.79 Å². The monoisotopic (exact) mass is 304 g/mol. The van der Waals surface area contributed by atoms with Gasteiger partial charge in [0.15, 0.2) is 5.96 Å². The molecule has 0 saturated heterocycles. The van der Waals surface area contributed by atoms with Crippen LogP contribution < -0.4 is 16.0 Å². The fraction of sp³-hybridized carbons (Fsp3) is 0.529. The van der Waals surface area contributed by atoms with Gasteiger partial charge in [0.05, 0.1) is 5.69 Å². The molecule has 0 heterocycles. The SMILES string of the molecule is CCCCN(C(=O)NC(N)=NC)c1c(CC)cccc1CC. The van der Waals surface area contributed by atoms with Gasteiger partial charge in [-0.05, 0) is 30.4 Å².